The van der Waals surface area contributed by atoms with Crippen LogP contribution in [-0.4, -0.2) is 9.97 Å². The van der Waals surface area contributed by atoms with Crippen molar-refractivity contribution in [2.45, 2.75) is 0 Å². The number of nitrogens with zero attached hydrogens (tertiary/aromatic N) is 1. The lowest BCUT2D eigenvalue weighted by Gasteiger charge is -2.06. The molecule has 1 N–H and O–H groups in total. The highest BCUT2D eigenvalue weighted by Gasteiger charge is 2.14. The molecule has 28 heavy (non-hydrogen) atoms. The molecule has 0 spiro atoms. The average molecular weight is 364 g/mol. The van der Waals surface area contributed by atoms with Gasteiger partial charge in [0.2, 0.25) is 0 Å². The van der Waals surface area contributed by atoms with Crippen molar-refractivity contribution >= 4 is 10.9 Å². The number of H-pyrrole nitrogens is 1. The predicted molar refractivity (Wildman–Crippen MR) is 112 cm³/mol. The summed E-state index contributed by atoms with van der Waals surface area (Å²) in [4.78, 5) is 8.15. The van der Waals surface area contributed by atoms with Gasteiger partial charge in [-0.1, -0.05) is 48.5 Å². The molecule has 0 aliphatic carbocycles. The summed E-state index contributed by atoms with van der Waals surface area (Å²) in [6.45, 7) is 0. The molecule has 0 aliphatic heterocycles. The van der Waals surface area contributed by atoms with Crippen molar-refractivity contribution in [2.24, 2.45) is 0 Å². The number of pyridine rings is 1. The maximum atomic E-state index is 13.3. The molecule has 2 aromatic heterocycles. The fourth-order valence-corrected chi connectivity index (χ4v) is 3.52. The fourth-order valence-electron chi connectivity index (χ4n) is 3.52. The summed E-state index contributed by atoms with van der Waals surface area (Å²) in [6, 6.07) is 29.1. The molecule has 5 rings (SSSR count). The standard InChI is InChI=1S/C25H17FN2/c26-21-12-10-17(11-13-21)24-15-22(25(28-24)18-6-2-1-3-7-18)20-14-19-8-4-5-9-23(19)27-16-20/h1-16,28H. The Labute approximate surface area is 162 Å². The van der Waals surface area contributed by atoms with Crippen molar-refractivity contribution in [1.82, 2.24) is 9.97 Å². The Bertz CT molecular complexity index is 1250. The van der Waals surface area contributed by atoms with Gasteiger partial charge in [0.15, 0.2) is 0 Å². The number of aromatic nitrogens is 2. The molecule has 3 aromatic carbocycles. The van der Waals surface area contributed by atoms with E-state index in [4.69, 9.17) is 0 Å². The molecular formula is C25H17FN2. The highest BCUT2D eigenvalue weighted by atomic mass is 19.1. The first kappa shape index (κ1) is 16.5. The number of para-hydroxylation sites is 1. The molecule has 0 saturated carbocycles. The summed E-state index contributed by atoms with van der Waals surface area (Å²) in [6.07, 6.45) is 1.91. The molecule has 5 aromatic rings. The van der Waals surface area contributed by atoms with Crippen LogP contribution < -0.4 is 0 Å². The second-order valence-corrected chi connectivity index (χ2v) is 6.76. The molecule has 2 heterocycles. The normalized spacial score (nSPS) is 11.0. The second kappa shape index (κ2) is 6.78. The lowest BCUT2D eigenvalue weighted by molar-refractivity contribution is 0.628. The minimum Gasteiger partial charge on any atom is -0.354 e. The third-order valence-electron chi connectivity index (χ3n) is 4.94. The van der Waals surface area contributed by atoms with Crippen molar-refractivity contribution in [3.63, 3.8) is 0 Å². The van der Waals surface area contributed by atoms with E-state index in [2.05, 4.69) is 40.3 Å². The topological polar surface area (TPSA) is 28.7 Å². The van der Waals surface area contributed by atoms with E-state index >= 15 is 0 Å². The quantitative estimate of drug-likeness (QED) is 0.379. The monoisotopic (exact) mass is 364 g/mol. The number of benzene rings is 3. The maximum absolute atomic E-state index is 13.3. The number of hydrogen-bond donors (Lipinski definition) is 1. The largest absolute Gasteiger partial charge is 0.354 e. The van der Waals surface area contributed by atoms with Crippen molar-refractivity contribution in [3.05, 3.63) is 103 Å². The minimum atomic E-state index is -0.238. The smallest absolute Gasteiger partial charge is 0.123 e. The summed E-state index contributed by atoms with van der Waals surface area (Å²) in [5.74, 6) is -0.238. The van der Waals surface area contributed by atoms with Crippen molar-refractivity contribution in [3.8, 4) is 33.6 Å². The third-order valence-corrected chi connectivity index (χ3v) is 4.94. The zero-order valence-electron chi connectivity index (χ0n) is 15.1. The summed E-state index contributed by atoms with van der Waals surface area (Å²) in [5.41, 5.74) is 7.10. The number of fused-ring (bicyclic) bond motifs is 1. The van der Waals surface area contributed by atoms with Gasteiger partial charge in [-0.2, -0.15) is 0 Å². The Morgan fingerprint density at radius 2 is 1.43 bits per heavy atom. The first-order valence-corrected chi connectivity index (χ1v) is 9.17. The van der Waals surface area contributed by atoms with E-state index in [1.807, 2.05) is 42.6 Å². The SMILES string of the molecule is Fc1ccc(-c2cc(-c3cnc4ccccc4c3)c(-c3ccccc3)[nH]2)cc1. The Morgan fingerprint density at radius 3 is 2.25 bits per heavy atom. The van der Waals surface area contributed by atoms with Crippen LogP contribution in [0.25, 0.3) is 44.5 Å². The first-order chi connectivity index (χ1) is 13.8. The van der Waals surface area contributed by atoms with Gasteiger partial charge in [0, 0.05) is 28.4 Å². The molecule has 0 aliphatic rings. The first-order valence-electron chi connectivity index (χ1n) is 9.17. The highest BCUT2D eigenvalue weighted by Crippen LogP contribution is 2.36. The lowest BCUT2D eigenvalue weighted by atomic mass is 10.0. The van der Waals surface area contributed by atoms with Crippen molar-refractivity contribution in [1.29, 1.82) is 0 Å². The van der Waals surface area contributed by atoms with Crippen LogP contribution in [0.5, 0.6) is 0 Å². The van der Waals surface area contributed by atoms with E-state index in [0.717, 1.165) is 44.5 Å². The van der Waals surface area contributed by atoms with E-state index < -0.39 is 0 Å². The fraction of sp³-hybridized carbons (Fsp3) is 0. The van der Waals surface area contributed by atoms with Crippen LogP contribution in [0.1, 0.15) is 0 Å². The van der Waals surface area contributed by atoms with Gasteiger partial charge < -0.3 is 4.98 Å². The Balaban J connectivity index is 1.71. The van der Waals surface area contributed by atoms with Crippen molar-refractivity contribution < 1.29 is 4.39 Å². The van der Waals surface area contributed by atoms with E-state index in [1.54, 1.807) is 12.1 Å². The molecule has 0 radical (unpaired) electrons. The van der Waals surface area contributed by atoms with Gasteiger partial charge in [0.1, 0.15) is 5.82 Å². The van der Waals surface area contributed by atoms with Crippen LogP contribution in [0, 0.1) is 5.82 Å². The molecule has 0 fully saturated rings. The third kappa shape index (κ3) is 2.97. The van der Waals surface area contributed by atoms with E-state index in [0.29, 0.717) is 0 Å². The molecule has 0 amide bonds. The Morgan fingerprint density at radius 1 is 0.679 bits per heavy atom. The van der Waals surface area contributed by atoms with Crippen LogP contribution in [0.4, 0.5) is 4.39 Å². The van der Waals surface area contributed by atoms with E-state index in [-0.39, 0.29) is 5.82 Å². The molecule has 0 saturated heterocycles. The number of halogens is 1. The summed E-state index contributed by atoms with van der Waals surface area (Å²) < 4.78 is 13.3. The molecule has 0 bridgehead atoms. The lowest BCUT2D eigenvalue weighted by Crippen LogP contribution is -1.85. The highest BCUT2D eigenvalue weighted by molar-refractivity contribution is 5.90. The van der Waals surface area contributed by atoms with Gasteiger partial charge in [-0.05, 0) is 53.6 Å². The Hall–Kier alpha value is -3.72. The average Bonchev–Trinajstić information content (AvgIpc) is 3.20. The number of hydrogen-bond acceptors (Lipinski definition) is 1. The van der Waals surface area contributed by atoms with Crippen LogP contribution in [-0.2, 0) is 0 Å². The van der Waals surface area contributed by atoms with Gasteiger partial charge in [-0.15, -0.1) is 0 Å². The molecular weight excluding hydrogens is 347 g/mol. The summed E-state index contributed by atoms with van der Waals surface area (Å²) in [7, 11) is 0. The van der Waals surface area contributed by atoms with Crippen LogP contribution in [0.15, 0.2) is 97.2 Å². The maximum Gasteiger partial charge on any atom is 0.123 e. The summed E-state index contributed by atoms with van der Waals surface area (Å²) >= 11 is 0. The molecule has 0 atom stereocenters. The van der Waals surface area contributed by atoms with Gasteiger partial charge >= 0.3 is 0 Å². The zero-order chi connectivity index (χ0) is 18.9. The van der Waals surface area contributed by atoms with Gasteiger partial charge in [0.05, 0.1) is 11.2 Å². The van der Waals surface area contributed by atoms with Crippen molar-refractivity contribution in [2.75, 3.05) is 0 Å². The molecule has 3 heteroatoms. The van der Waals surface area contributed by atoms with Gasteiger partial charge in [-0.3, -0.25) is 4.98 Å². The van der Waals surface area contributed by atoms with Crippen LogP contribution in [0.2, 0.25) is 0 Å². The second-order valence-electron chi connectivity index (χ2n) is 6.76. The number of aromatic amines is 1. The Kier molecular flexibility index (Phi) is 3.99. The molecule has 2 nitrogen and oxygen atoms in total. The molecule has 0 unspecified atom stereocenters. The van der Waals surface area contributed by atoms with E-state index in [9.17, 15) is 4.39 Å². The van der Waals surface area contributed by atoms with Crippen LogP contribution in [0.3, 0.4) is 0 Å². The van der Waals surface area contributed by atoms with Gasteiger partial charge in [0.25, 0.3) is 0 Å². The molecule has 134 valence electrons. The summed E-state index contributed by atoms with van der Waals surface area (Å²) in [5, 5.41) is 1.10. The van der Waals surface area contributed by atoms with Gasteiger partial charge in [-0.25, -0.2) is 4.39 Å². The zero-order valence-corrected chi connectivity index (χ0v) is 15.1. The van der Waals surface area contributed by atoms with E-state index in [1.165, 1.54) is 12.1 Å². The number of nitrogens with one attached hydrogen (secondary N) is 1. The minimum absolute atomic E-state index is 0.238. The number of rotatable bonds is 3. The van der Waals surface area contributed by atoms with Crippen LogP contribution >= 0.6 is 0 Å². The predicted octanol–water partition coefficient (Wildman–Crippen LogP) is 6.70.